The number of alkyl halides is 2. The van der Waals surface area contributed by atoms with Crippen molar-refractivity contribution < 1.29 is 41.9 Å². The Kier molecular flexibility index (Phi) is 18.1. The average Bonchev–Trinajstić information content (AvgIpc) is 3.04. The number of halogens is 4. The van der Waals surface area contributed by atoms with E-state index >= 15 is 0 Å². The first-order chi connectivity index (χ1) is 20.1. The van der Waals surface area contributed by atoms with Gasteiger partial charge in [-0.05, 0) is 74.5 Å². The molecule has 4 aromatic carbocycles. The van der Waals surface area contributed by atoms with Crippen LogP contribution in [0.25, 0.3) is 0 Å². The minimum absolute atomic E-state index is 0. The Morgan fingerprint density at radius 1 is 0.500 bits per heavy atom. The molecular weight excluding hydrogens is 676 g/mol. The maximum atomic E-state index is 4.98. The van der Waals surface area contributed by atoms with Crippen LogP contribution >= 0.6 is 23.2 Å². The molecule has 0 atom stereocenters. The summed E-state index contributed by atoms with van der Waals surface area (Å²) in [6.07, 6.45) is 0. The topological polar surface area (TPSA) is 44.1 Å². The van der Waals surface area contributed by atoms with Crippen molar-refractivity contribution in [3.05, 3.63) is 151 Å². The Morgan fingerprint density at radius 2 is 0.750 bits per heavy atom. The van der Waals surface area contributed by atoms with Crippen LogP contribution in [0.3, 0.4) is 0 Å². The number of benzene rings is 4. The molecule has 1 aromatic heterocycles. The van der Waals surface area contributed by atoms with E-state index in [2.05, 4.69) is 0 Å². The molecule has 0 aliphatic carbocycles. The molecule has 0 bridgehead atoms. The Balaban J connectivity index is 0.00000155. The monoisotopic (exact) mass is 705 g/mol. The molecule has 5 nitrogen and oxygen atoms in total. The van der Waals surface area contributed by atoms with Crippen molar-refractivity contribution in [1.82, 2.24) is 4.98 Å². The molecule has 44 heavy (non-hydrogen) atoms. The molecule has 0 spiro atoms. The van der Waals surface area contributed by atoms with E-state index in [1.54, 1.807) is 0 Å². The number of hydrogen-bond donors (Lipinski definition) is 0. The van der Waals surface area contributed by atoms with Gasteiger partial charge in [0.25, 0.3) is 0 Å². The molecule has 0 radical (unpaired) electrons. The van der Waals surface area contributed by atoms with Crippen LogP contribution in [0.4, 0.5) is 22.7 Å². The van der Waals surface area contributed by atoms with Gasteiger partial charge in [-0.15, -0.1) is 23.2 Å². The smallest absolute Gasteiger partial charge is 1.00 e. The minimum Gasteiger partial charge on any atom is -1.00 e. The fraction of sp³-hybridized carbons (Fsp3) is 0.0882. The van der Waals surface area contributed by atoms with E-state index in [1.807, 2.05) is 163 Å². The molecule has 10 heteroatoms. The van der Waals surface area contributed by atoms with Gasteiger partial charge in [0.1, 0.15) is 0 Å². The van der Waals surface area contributed by atoms with E-state index in [4.69, 9.17) is 38.4 Å². The van der Waals surface area contributed by atoms with Gasteiger partial charge >= 0.3 is 17.1 Å². The Hall–Kier alpha value is -3.35. The summed E-state index contributed by atoms with van der Waals surface area (Å²) in [6, 6.07) is 46.5. The summed E-state index contributed by atoms with van der Waals surface area (Å²) in [5, 5.41) is 14.0. The van der Waals surface area contributed by atoms with E-state index in [1.165, 1.54) is 0 Å². The van der Waals surface area contributed by atoms with E-state index in [-0.39, 0.29) is 47.2 Å². The standard InChI is InChI=1S/C33H29N5.CH2Cl2.2ClH.Fe/c1-26(35-37(28-16-7-3-8-17-28)29-18-9-4-10-19-29)32-24-15-25-33(34-32)27(2)36-38(30-20-11-5-12-21-30)31-22-13-6-14-23-31;2-1-3;;;/h3-25H,1-2H3;1H2;2*1H;/q;;;;+2/p-2/b35-26+,36-27+;;;;. The zero-order valence-corrected chi connectivity index (χ0v) is 28.2. The van der Waals surface area contributed by atoms with Gasteiger partial charge in [-0.2, -0.15) is 10.2 Å². The first-order valence-corrected chi connectivity index (χ1v) is 14.2. The van der Waals surface area contributed by atoms with E-state index in [0.29, 0.717) is 0 Å². The number of anilines is 4. The largest absolute Gasteiger partial charge is 2.00 e. The number of rotatable bonds is 8. The van der Waals surface area contributed by atoms with Crippen LogP contribution in [-0.4, -0.2) is 21.7 Å². The summed E-state index contributed by atoms with van der Waals surface area (Å²) in [7, 11) is 0. The van der Waals surface area contributed by atoms with Gasteiger partial charge in [-0.25, -0.2) is 15.0 Å². The average molecular weight is 707 g/mol. The van der Waals surface area contributed by atoms with E-state index in [9.17, 15) is 0 Å². The van der Waals surface area contributed by atoms with Crippen molar-refractivity contribution in [2.45, 2.75) is 13.8 Å². The number of nitrogens with zero attached hydrogens (tertiary/aromatic N) is 5. The Morgan fingerprint density at radius 3 is 1.00 bits per heavy atom. The van der Waals surface area contributed by atoms with Gasteiger partial charge in [-0.3, -0.25) is 0 Å². The molecule has 0 N–H and O–H groups in total. The fourth-order valence-corrected chi connectivity index (χ4v) is 4.05. The summed E-state index contributed by atoms with van der Waals surface area (Å²) in [6.45, 7) is 3.97. The molecule has 1 heterocycles. The van der Waals surface area contributed by atoms with Crippen LogP contribution < -0.4 is 34.8 Å². The summed E-state index contributed by atoms with van der Waals surface area (Å²) in [5.74, 6) is 0. The molecule has 0 aliphatic heterocycles. The molecule has 0 unspecified atom stereocenters. The van der Waals surface area contributed by atoms with Crippen LogP contribution in [0.5, 0.6) is 0 Å². The zero-order chi connectivity index (χ0) is 28.9. The number of para-hydroxylation sites is 4. The van der Waals surface area contributed by atoms with Gasteiger partial charge in [0.05, 0.1) is 50.9 Å². The zero-order valence-electron chi connectivity index (χ0n) is 24.1. The van der Waals surface area contributed by atoms with Crippen molar-refractivity contribution in [3.63, 3.8) is 0 Å². The first-order valence-electron chi connectivity index (χ1n) is 13.1. The molecule has 5 aromatic rings. The molecule has 0 aliphatic rings. The first kappa shape index (κ1) is 38.7. The van der Waals surface area contributed by atoms with Gasteiger partial charge < -0.3 is 24.8 Å². The second-order valence-electron chi connectivity index (χ2n) is 8.85. The van der Waals surface area contributed by atoms with Crippen LogP contribution in [0.1, 0.15) is 25.2 Å². The Labute approximate surface area is 292 Å². The van der Waals surface area contributed by atoms with Crippen LogP contribution in [0.2, 0.25) is 0 Å². The molecule has 0 amide bonds. The number of hydrogen-bond acceptors (Lipinski definition) is 5. The molecule has 0 saturated heterocycles. The molecule has 5 rings (SSSR count). The van der Waals surface area contributed by atoms with E-state index in [0.717, 1.165) is 45.6 Å². The van der Waals surface area contributed by atoms with Gasteiger partial charge in [0.2, 0.25) is 0 Å². The minimum atomic E-state index is 0. The van der Waals surface area contributed by atoms with Gasteiger partial charge in [0, 0.05) is 0 Å². The van der Waals surface area contributed by atoms with Crippen molar-refractivity contribution in [1.29, 1.82) is 0 Å². The second-order valence-corrected chi connectivity index (χ2v) is 9.65. The molecule has 228 valence electrons. The van der Waals surface area contributed by atoms with E-state index < -0.39 is 0 Å². The number of hydrazone groups is 2. The molecular formula is C34H31Cl4FeN5. The summed E-state index contributed by atoms with van der Waals surface area (Å²) < 4.78 is 0. The van der Waals surface area contributed by atoms with Gasteiger partial charge in [0.15, 0.2) is 0 Å². The third kappa shape index (κ3) is 11.0. The third-order valence-electron chi connectivity index (χ3n) is 5.99. The third-order valence-corrected chi connectivity index (χ3v) is 5.99. The van der Waals surface area contributed by atoms with Crippen LogP contribution in [0, 0.1) is 0 Å². The maximum absolute atomic E-state index is 4.98. The maximum Gasteiger partial charge on any atom is 2.00 e. The predicted molar refractivity (Wildman–Crippen MR) is 175 cm³/mol. The van der Waals surface area contributed by atoms with Crippen molar-refractivity contribution >= 4 is 57.4 Å². The Bertz CT molecular complexity index is 1370. The normalized spacial score (nSPS) is 10.5. The van der Waals surface area contributed by atoms with Crippen LogP contribution in [0.15, 0.2) is 150 Å². The summed E-state index contributed by atoms with van der Waals surface area (Å²) in [5.41, 5.74) is 7.11. The SMILES string of the molecule is C/C(=N\N(c1ccccc1)c1ccccc1)c1cccc(/C(C)=N/N(c2ccccc2)c2ccccc2)n1.ClCCl.[Cl-].[Cl-].[Fe+2]. The summed E-state index contributed by atoms with van der Waals surface area (Å²) >= 11 is 9.53. The predicted octanol–water partition coefficient (Wildman–Crippen LogP) is 3.63. The van der Waals surface area contributed by atoms with Crippen molar-refractivity contribution in [2.75, 3.05) is 15.4 Å². The fourth-order valence-electron chi connectivity index (χ4n) is 4.05. The van der Waals surface area contributed by atoms with Gasteiger partial charge in [-0.1, -0.05) is 78.9 Å². The second kappa shape index (κ2) is 20.6. The van der Waals surface area contributed by atoms with Crippen molar-refractivity contribution in [2.24, 2.45) is 10.2 Å². The molecule has 0 fully saturated rings. The quantitative estimate of drug-likeness (QED) is 0.107. The van der Waals surface area contributed by atoms with Crippen molar-refractivity contribution in [3.8, 4) is 0 Å². The number of aromatic nitrogens is 1. The summed E-state index contributed by atoms with van der Waals surface area (Å²) in [4.78, 5) is 4.94. The van der Waals surface area contributed by atoms with Crippen LogP contribution in [-0.2, 0) is 17.1 Å². The number of pyridine rings is 1. The molecule has 0 saturated carbocycles.